The largest absolute Gasteiger partial charge is 0.309 e. The molecule has 2 aromatic carbocycles. The van der Waals surface area contributed by atoms with Crippen molar-refractivity contribution in [1.82, 2.24) is 9.88 Å². The van der Waals surface area contributed by atoms with Gasteiger partial charge in [0.2, 0.25) is 5.91 Å². The molecular formula is C24H31N3O3S2. The monoisotopic (exact) mass is 473 g/mol. The molecule has 0 atom stereocenters. The summed E-state index contributed by atoms with van der Waals surface area (Å²) in [6.45, 7) is 5.33. The number of amides is 1. The van der Waals surface area contributed by atoms with Gasteiger partial charge in [0, 0.05) is 13.0 Å². The van der Waals surface area contributed by atoms with Crippen molar-refractivity contribution < 1.29 is 13.2 Å². The summed E-state index contributed by atoms with van der Waals surface area (Å²) in [7, 11) is 0.453. The normalized spacial score (nSPS) is 11.9. The average Bonchev–Trinajstić information content (AvgIpc) is 3.19. The highest BCUT2D eigenvalue weighted by Gasteiger charge is 2.23. The van der Waals surface area contributed by atoms with Crippen LogP contribution in [0.15, 0.2) is 47.4 Å². The van der Waals surface area contributed by atoms with E-state index in [0.29, 0.717) is 11.7 Å². The van der Waals surface area contributed by atoms with Gasteiger partial charge in [-0.1, -0.05) is 48.1 Å². The van der Waals surface area contributed by atoms with E-state index in [2.05, 4.69) is 17.9 Å². The van der Waals surface area contributed by atoms with Crippen LogP contribution in [0.5, 0.6) is 0 Å². The molecule has 0 unspecified atom stereocenters. The molecule has 1 amide bonds. The molecule has 8 heteroatoms. The smallest absolute Gasteiger partial charge is 0.229 e. The van der Waals surface area contributed by atoms with E-state index in [9.17, 15) is 13.2 Å². The van der Waals surface area contributed by atoms with Crippen LogP contribution in [0.2, 0.25) is 0 Å². The van der Waals surface area contributed by atoms with E-state index < -0.39 is 9.84 Å². The molecule has 32 heavy (non-hydrogen) atoms. The molecule has 6 nitrogen and oxygen atoms in total. The predicted molar refractivity (Wildman–Crippen MR) is 132 cm³/mol. The van der Waals surface area contributed by atoms with E-state index in [1.165, 1.54) is 11.3 Å². The van der Waals surface area contributed by atoms with Crippen LogP contribution in [-0.2, 0) is 21.1 Å². The minimum Gasteiger partial charge on any atom is -0.309 e. The highest BCUT2D eigenvalue weighted by molar-refractivity contribution is 7.91. The van der Waals surface area contributed by atoms with Crippen LogP contribution in [0.4, 0.5) is 5.13 Å². The van der Waals surface area contributed by atoms with Crippen molar-refractivity contribution in [2.75, 3.05) is 37.8 Å². The highest BCUT2D eigenvalue weighted by Crippen LogP contribution is 2.31. The number of nitrogens with zero attached hydrogens (tertiary/aromatic N) is 3. The van der Waals surface area contributed by atoms with Crippen LogP contribution in [0.25, 0.3) is 10.2 Å². The lowest BCUT2D eigenvalue weighted by atomic mass is 10.1. The molecule has 3 aromatic rings. The topological polar surface area (TPSA) is 70.6 Å². The molecule has 1 aromatic heterocycles. The molecule has 0 aliphatic heterocycles. The molecule has 0 aliphatic rings. The van der Waals surface area contributed by atoms with E-state index in [4.69, 9.17) is 4.98 Å². The van der Waals surface area contributed by atoms with Gasteiger partial charge in [-0.05, 0) is 64.2 Å². The Morgan fingerprint density at radius 3 is 2.44 bits per heavy atom. The molecule has 172 valence electrons. The van der Waals surface area contributed by atoms with Crippen molar-refractivity contribution in [2.24, 2.45) is 0 Å². The number of thiazole rings is 1. The van der Waals surface area contributed by atoms with E-state index >= 15 is 0 Å². The summed E-state index contributed by atoms with van der Waals surface area (Å²) in [5, 5.41) is 0.636. The van der Waals surface area contributed by atoms with Crippen molar-refractivity contribution in [3.8, 4) is 0 Å². The van der Waals surface area contributed by atoms with Crippen LogP contribution < -0.4 is 4.90 Å². The van der Waals surface area contributed by atoms with Crippen LogP contribution >= 0.6 is 11.3 Å². The van der Waals surface area contributed by atoms with Gasteiger partial charge in [0.25, 0.3) is 0 Å². The first-order valence-corrected chi connectivity index (χ1v) is 13.3. The first-order chi connectivity index (χ1) is 15.2. The first-order valence-electron chi connectivity index (χ1n) is 10.8. The Kier molecular flexibility index (Phi) is 8.03. The third kappa shape index (κ3) is 5.94. The Labute approximate surface area is 194 Å². The summed E-state index contributed by atoms with van der Waals surface area (Å²) in [4.78, 5) is 22.0. The predicted octanol–water partition coefficient (Wildman–Crippen LogP) is 4.32. The average molecular weight is 474 g/mol. The SMILES string of the molecule is CCc1cccc2sc(N(CCCN(C)C)C(=O)CCS(=O)(=O)c3ccc(C)cc3)nc12. The van der Waals surface area contributed by atoms with Gasteiger partial charge in [0.05, 0.1) is 20.9 Å². The number of carbonyl (C=O) groups excluding carboxylic acids is 1. The standard InChI is InChI=1S/C24H31N3O3S2/c1-5-19-8-6-9-21-23(19)25-24(31-21)27(16-7-15-26(3)4)22(28)14-17-32(29,30)20-12-10-18(2)11-13-20/h6,8-13H,5,7,14-17H2,1-4H3. The number of hydrogen-bond donors (Lipinski definition) is 0. The lowest BCUT2D eigenvalue weighted by Gasteiger charge is -2.21. The molecule has 0 N–H and O–H groups in total. The first kappa shape index (κ1) is 24.4. The molecule has 1 heterocycles. The van der Waals surface area contributed by atoms with Gasteiger partial charge < -0.3 is 4.90 Å². The Balaban J connectivity index is 1.81. The summed E-state index contributed by atoms with van der Waals surface area (Å²) in [5.74, 6) is -0.430. The third-order valence-corrected chi connectivity index (χ3v) is 8.13. The van der Waals surface area contributed by atoms with Gasteiger partial charge >= 0.3 is 0 Å². The molecule has 0 saturated heterocycles. The number of anilines is 1. The maximum atomic E-state index is 13.2. The molecule has 0 aliphatic carbocycles. The van der Waals surface area contributed by atoms with Gasteiger partial charge in [-0.2, -0.15) is 0 Å². The maximum Gasteiger partial charge on any atom is 0.229 e. The van der Waals surface area contributed by atoms with Gasteiger partial charge in [-0.25, -0.2) is 13.4 Å². The number of carbonyl (C=O) groups is 1. The summed E-state index contributed by atoms with van der Waals surface area (Å²) in [5.41, 5.74) is 3.06. The van der Waals surface area contributed by atoms with Gasteiger partial charge in [0.1, 0.15) is 0 Å². The summed E-state index contributed by atoms with van der Waals surface area (Å²) in [6, 6.07) is 12.8. The number of aryl methyl sites for hydroxylation is 2. The Morgan fingerprint density at radius 2 is 1.78 bits per heavy atom. The van der Waals surface area contributed by atoms with Crippen LogP contribution in [-0.4, -0.2) is 57.1 Å². The molecule has 0 radical (unpaired) electrons. The van der Waals surface area contributed by atoms with Crippen molar-refractivity contribution in [2.45, 2.75) is 38.0 Å². The fourth-order valence-electron chi connectivity index (χ4n) is 3.49. The Bertz CT molecular complexity index is 1170. The van der Waals surface area contributed by atoms with Crippen LogP contribution in [0.1, 0.15) is 30.9 Å². The van der Waals surface area contributed by atoms with E-state index in [1.807, 2.05) is 33.2 Å². The summed E-state index contributed by atoms with van der Waals surface area (Å²) >= 11 is 1.48. The zero-order chi connectivity index (χ0) is 23.3. The number of sulfone groups is 1. The number of benzene rings is 2. The number of fused-ring (bicyclic) bond motifs is 1. The van der Waals surface area contributed by atoms with E-state index in [0.717, 1.165) is 40.7 Å². The number of aromatic nitrogens is 1. The van der Waals surface area contributed by atoms with Gasteiger partial charge in [-0.3, -0.25) is 9.69 Å². The Morgan fingerprint density at radius 1 is 1.06 bits per heavy atom. The highest BCUT2D eigenvalue weighted by atomic mass is 32.2. The van der Waals surface area contributed by atoms with Crippen LogP contribution in [0, 0.1) is 6.92 Å². The van der Waals surface area contributed by atoms with Crippen molar-refractivity contribution in [3.63, 3.8) is 0 Å². The second-order valence-electron chi connectivity index (χ2n) is 8.20. The second-order valence-corrected chi connectivity index (χ2v) is 11.3. The number of hydrogen-bond acceptors (Lipinski definition) is 6. The molecule has 0 saturated carbocycles. The number of para-hydroxylation sites is 1. The fourth-order valence-corrected chi connectivity index (χ4v) is 5.77. The second kappa shape index (κ2) is 10.6. The van der Waals surface area contributed by atoms with E-state index in [-0.39, 0.29) is 23.0 Å². The molecule has 0 spiro atoms. The minimum absolute atomic E-state index is 0.0747. The lowest BCUT2D eigenvalue weighted by Crippen LogP contribution is -2.34. The third-order valence-electron chi connectivity index (χ3n) is 5.36. The van der Waals surface area contributed by atoms with Crippen molar-refractivity contribution >= 4 is 42.4 Å². The summed E-state index contributed by atoms with van der Waals surface area (Å²) < 4.78 is 26.5. The zero-order valence-electron chi connectivity index (χ0n) is 19.2. The summed E-state index contributed by atoms with van der Waals surface area (Å²) in [6.07, 6.45) is 1.57. The fraction of sp³-hybridized carbons (Fsp3) is 0.417. The van der Waals surface area contributed by atoms with Gasteiger partial charge in [0.15, 0.2) is 15.0 Å². The zero-order valence-corrected chi connectivity index (χ0v) is 20.8. The van der Waals surface area contributed by atoms with Crippen LogP contribution in [0.3, 0.4) is 0 Å². The minimum atomic E-state index is -3.53. The quantitative estimate of drug-likeness (QED) is 0.439. The maximum absolute atomic E-state index is 13.2. The van der Waals surface area contributed by atoms with E-state index in [1.54, 1.807) is 29.2 Å². The molecule has 0 bridgehead atoms. The van der Waals surface area contributed by atoms with Gasteiger partial charge in [-0.15, -0.1) is 0 Å². The molecular weight excluding hydrogens is 442 g/mol. The number of rotatable bonds is 10. The molecule has 3 rings (SSSR count). The van der Waals surface area contributed by atoms with Crippen molar-refractivity contribution in [1.29, 1.82) is 0 Å². The van der Waals surface area contributed by atoms with Crippen molar-refractivity contribution in [3.05, 3.63) is 53.6 Å². The Hall–Kier alpha value is -2.29. The lowest BCUT2D eigenvalue weighted by molar-refractivity contribution is -0.118. The molecule has 0 fully saturated rings.